The molecule has 1 aliphatic rings. The van der Waals surface area contributed by atoms with E-state index in [9.17, 15) is 8.42 Å². The number of hydrogen-bond acceptors (Lipinski definition) is 5. The van der Waals surface area contributed by atoms with E-state index >= 15 is 0 Å². The molecule has 0 spiro atoms. The molecule has 1 N–H and O–H groups in total. The summed E-state index contributed by atoms with van der Waals surface area (Å²) in [6.45, 7) is 3.35. The van der Waals surface area contributed by atoms with Gasteiger partial charge >= 0.3 is 0 Å². The minimum Gasteiger partial charge on any atom is -0.494 e. The normalized spacial score (nSPS) is 17.8. The molecule has 0 amide bonds. The number of likely N-dealkylation sites (N-methyl/N-ethyl adjacent to an activating group) is 1. The predicted octanol–water partition coefficient (Wildman–Crippen LogP) is 5.22. The van der Waals surface area contributed by atoms with Gasteiger partial charge in [0.15, 0.2) is 14.9 Å². The Labute approximate surface area is 217 Å². The molecule has 4 rings (SSSR count). The Morgan fingerprint density at radius 2 is 2.00 bits per heavy atom. The fourth-order valence-electron chi connectivity index (χ4n) is 4.74. The van der Waals surface area contributed by atoms with Crippen molar-refractivity contribution in [2.24, 2.45) is 7.05 Å². The van der Waals surface area contributed by atoms with E-state index in [1.165, 1.54) is 23.7 Å². The molecule has 2 aromatic carbocycles. The molecular formula is C26H31Cl2N3O3S. The van der Waals surface area contributed by atoms with E-state index in [2.05, 4.69) is 29.4 Å². The third-order valence-corrected chi connectivity index (χ3v) is 8.87. The summed E-state index contributed by atoms with van der Waals surface area (Å²) < 4.78 is 32.5. The minimum atomic E-state index is -3.41. The Morgan fingerprint density at radius 3 is 2.71 bits per heavy atom. The fraction of sp³-hybridized carbons (Fsp3) is 0.423. The van der Waals surface area contributed by atoms with Crippen molar-refractivity contribution in [3.63, 3.8) is 0 Å². The van der Waals surface area contributed by atoms with Crippen LogP contribution in [0.2, 0.25) is 10.0 Å². The molecule has 2 atom stereocenters. The smallest absolute Gasteiger partial charge is 0.197 e. The van der Waals surface area contributed by atoms with Crippen molar-refractivity contribution in [1.29, 1.82) is 0 Å². The van der Waals surface area contributed by atoms with Crippen LogP contribution in [0.5, 0.6) is 5.75 Å². The standard InChI is InChI=1S/C26H31Cl2N3O3S/c1-3-29-25-10-7-19-6-8-20(34-11-4-12-35(32,33)26-16-31(2)17-30-26)15-21(19)22(25)13-18-5-9-23(27)24(28)14-18/h5-6,8-9,14-17,22,25,29H,3-4,7,10-13H2,1-2H3. The van der Waals surface area contributed by atoms with Gasteiger partial charge in [0.1, 0.15) is 5.75 Å². The lowest BCUT2D eigenvalue weighted by molar-refractivity contribution is 0.315. The van der Waals surface area contributed by atoms with Crippen LogP contribution in [0.4, 0.5) is 0 Å². The van der Waals surface area contributed by atoms with E-state index in [0.29, 0.717) is 29.1 Å². The summed E-state index contributed by atoms with van der Waals surface area (Å²) in [5.74, 6) is 1.02. The number of nitrogens with one attached hydrogen (secondary N) is 1. The van der Waals surface area contributed by atoms with E-state index in [4.69, 9.17) is 27.9 Å². The highest BCUT2D eigenvalue weighted by atomic mass is 35.5. The zero-order valence-corrected chi connectivity index (χ0v) is 22.3. The van der Waals surface area contributed by atoms with Crippen LogP contribution in [0.3, 0.4) is 0 Å². The van der Waals surface area contributed by atoms with Crippen LogP contribution in [0.15, 0.2) is 53.9 Å². The second-order valence-electron chi connectivity index (χ2n) is 9.02. The van der Waals surface area contributed by atoms with Gasteiger partial charge in [-0.2, -0.15) is 0 Å². The highest BCUT2D eigenvalue weighted by Gasteiger charge is 2.30. The quantitative estimate of drug-likeness (QED) is 0.360. The molecule has 9 heteroatoms. The van der Waals surface area contributed by atoms with Gasteiger partial charge in [-0.3, -0.25) is 0 Å². The molecule has 1 aromatic heterocycles. The lowest BCUT2D eigenvalue weighted by atomic mass is 9.76. The van der Waals surface area contributed by atoms with Gasteiger partial charge < -0.3 is 14.6 Å². The Bertz CT molecular complexity index is 1280. The summed E-state index contributed by atoms with van der Waals surface area (Å²) in [5, 5.41) is 4.88. The molecule has 0 fully saturated rings. The average molecular weight is 537 g/mol. The maximum Gasteiger partial charge on any atom is 0.197 e. The van der Waals surface area contributed by atoms with Gasteiger partial charge in [0.05, 0.1) is 28.7 Å². The number of rotatable bonds is 10. The summed E-state index contributed by atoms with van der Waals surface area (Å²) in [7, 11) is -1.66. The molecule has 0 radical (unpaired) electrons. The monoisotopic (exact) mass is 535 g/mol. The number of nitrogens with zero attached hydrogens (tertiary/aromatic N) is 2. The molecule has 2 unspecified atom stereocenters. The SMILES string of the molecule is CCNC1CCc2ccc(OCCCS(=O)(=O)c3cn(C)cn3)cc2C1Cc1ccc(Cl)c(Cl)c1. The van der Waals surface area contributed by atoms with Gasteiger partial charge in [0, 0.05) is 25.2 Å². The number of imidazole rings is 1. The van der Waals surface area contributed by atoms with Gasteiger partial charge in [0.2, 0.25) is 0 Å². The minimum absolute atomic E-state index is 0.00258. The lowest BCUT2D eigenvalue weighted by Crippen LogP contribution is -2.39. The number of benzene rings is 2. The van der Waals surface area contributed by atoms with E-state index < -0.39 is 9.84 Å². The van der Waals surface area contributed by atoms with Crippen molar-refractivity contribution in [3.8, 4) is 5.75 Å². The molecule has 0 saturated carbocycles. The molecule has 1 aliphatic carbocycles. The van der Waals surface area contributed by atoms with Gasteiger partial charge in [-0.1, -0.05) is 42.3 Å². The van der Waals surface area contributed by atoms with Crippen LogP contribution in [-0.4, -0.2) is 42.9 Å². The summed E-state index contributed by atoms with van der Waals surface area (Å²) >= 11 is 12.4. The highest BCUT2D eigenvalue weighted by Crippen LogP contribution is 2.37. The molecule has 1 heterocycles. The second kappa shape index (κ2) is 11.3. The Kier molecular flexibility index (Phi) is 8.42. The Balaban J connectivity index is 1.46. The first-order chi connectivity index (χ1) is 16.8. The van der Waals surface area contributed by atoms with Crippen molar-refractivity contribution >= 4 is 33.0 Å². The number of aromatic nitrogens is 2. The molecule has 6 nitrogen and oxygen atoms in total. The number of fused-ring (bicyclic) bond motifs is 1. The van der Waals surface area contributed by atoms with Crippen molar-refractivity contribution in [2.45, 2.75) is 49.6 Å². The molecule has 35 heavy (non-hydrogen) atoms. The van der Waals surface area contributed by atoms with Gasteiger partial charge in [0.25, 0.3) is 0 Å². The van der Waals surface area contributed by atoms with E-state index in [0.717, 1.165) is 37.1 Å². The highest BCUT2D eigenvalue weighted by molar-refractivity contribution is 7.91. The second-order valence-corrected chi connectivity index (χ2v) is 11.9. The zero-order chi connectivity index (χ0) is 25.0. The van der Waals surface area contributed by atoms with Crippen molar-refractivity contribution in [2.75, 3.05) is 18.9 Å². The Hall–Kier alpha value is -2.06. The van der Waals surface area contributed by atoms with Crippen molar-refractivity contribution in [3.05, 3.63) is 75.7 Å². The summed E-state index contributed by atoms with van der Waals surface area (Å²) in [6.07, 6.45) is 6.32. The van der Waals surface area contributed by atoms with Crippen LogP contribution in [0, 0.1) is 0 Å². The number of halogens is 2. The van der Waals surface area contributed by atoms with Crippen LogP contribution >= 0.6 is 23.2 Å². The topological polar surface area (TPSA) is 73.2 Å². The van der Waals surface area contributed by atoms with Crippen LogP contribution in [0.25, 0.3) is 0 Å². The zero-order valence-electron chi connectivity index (χ0n) is 20.0. The van der Waals surface area contributed by atoms with Crippen molar-refractivity contribution < 1.29 is 13.2 Å². The van der Waals surface area contributed by atoms with E-state index in [1.807, 2.05) is 24.3 Å². The molecule has 0 aliphatic heterocycles. The van der Waals surface area contributed by atoms with Gasteiger partial charge in [-0.05, 0) is 73.2 Å². The summed E-state index contributed by atoms with van der Waals surface area (Å²) in [5.41, 5.74) is 3.74. The number of sulfone groups is 1. The van der Waals surface area contributed by atoms with Gasteiger partial charge in [-0.25, -0.2) is 13.4 Å². The number of hydrogen-bond donors (Lipinski definition) is 1. The molecule has 0 saturated heterocycles. The molecule has 3 aromatic rings. The van der Waals surface area contributed by atoms with Crippen molar-refractivity contribution in [1.82, 2.24) is 14.9 Å². The third kappa shape index (κ3) is 6.39. The number of ether oxygens (including phenoxy) is 1. The third-order valence-electron chi connectivity index (χ3n) is 6.46. The van der Waals surface area contributed by atoms with Crippen LogP contribution < -0.4 is 10.1 Å². The van der Waals surface area contributed by atoms with Crippen LogP contribution in [0.1, 0.15) is 42.4 Å². The number of aryl methyl sites for hydroxylation is 2. The summed E-state index contributed by atoms with van der Waals surface area (Å²) in [6, 6.07) is 12.4. The first-order valence-electron chi connectivity index (χ1n) is 11.9. The predicted molar refractivity (Wildman–Crippen MR) is 141 cm³/mol. The first-order valence-corrected chi connectivity index (χ1v) is 14.3. The first kappa shape index (κ1) is 26.0. The molecule has 0 bridgehead atoms. The summed E-state index contributed by atoms with van der Waals surface area (Å²) in [4.78, 5) is 3.96. The van der Waals surface area contributed by atoms with Gasteiger partial charge in [-0.15, -0.1) is 0 Å². The fourth-order valence-corrected chi connectivity index (χ4v) is 6.30. The maximum atomic E-state index is 12.5. The lowest BCUT2D eigenvalue weighted by Gasteiger charge is -2.35. The largest absolute Gasteiger partial charge is 0.494 e. The average Bonchev–Trinajstić information content (AvgIpc) is 3.28. The maximum absolute atomic E-state index is 12.5. The molecule has 188 valence electrons. The van der Waals surface area contributed by atoms with E-state index in [-0.39, 0.29) is 16.7 Å². The Morgan fingerprint density at radius 1 is 1.17 bits per heavy atom. The van der Waals surface area contributed by atoms with Crippen LogP contribution in [-0.2, 0) is 29.7 Å². The van der Waals surface area contributed by atoms with E-state index in [1.54, 1.807) is 11.6 Å². The molecular weight excluding hydrogens is 505 g/mol.